The molecule has 0 radical (unpaired) electrons. The lowest BCUT2D eigenvalue weighted by molar-refractivity contribution is -0.121. The zero-order chi connectivity index (χ0) is 12.8. The molecule has 0 rings (SSSR count). The molecule has 6 nitrogen and oxygen atoms in total. The van der Waals surface area contributed by atoms with Crippen LogP contribution in [-0.2, 0) is 19.0 Å². The summed E-state index contributed by atoms with van der Waals surface area (Å²) in [6.07, 6.45) is 0.474. The quantitative estimate of drug-likeness (QED) is 0.451. The van der Waals surface area contributed by atoms with Crippen LogP contribution in [-0.4, -0.2) is 66.2 Å². The number of nitrogens with one attached hydrogen (secondary N) is 2. The van der Waals surface area contributed by atoms with Crippen LogP contribution < -0.4 is 10.6 Å². The maximum Gasteiger partial charge on any atom is 0.221 e. The topological polar surface area (TPSA) is 68.8 Å². The lowest BCUT2D eigenvalue weighted by Crippen LogP contribution is -2.31. The van der Waals surface area contributed by atoms with Gasteiger partial charge < -0.3 is 24.8 Å². The molecule has 0 aliphatic heterocycles. The largest absolute Gasteiger partial charge is 0.383 e. The molecule has 17 heavy (non-hydrogen) atoms. The minimum atomic E-state index is 0.0369. The monoisotopic (exact) mass is 248 g/mol. The predicted molar refractivity (Wildman–Crippen MR) is 65.1 cm³/mol. The summed E-state index contributed by atoms with van der Waals surface area (Å²) >= 11 is 0. The molecule has 102 valence electrons. The van der Waals surface area contributed by atoms with Gasteiger partial charge in [-0.25, -0.2) is 0 Å². The summed E-state index contributed by atoms with van der Waals surface area (Å²) in [6, 6.07) is 0. The molecule has 1 amide bonds. The van der Waals surface area contributed by atoms with Crippen molar-refractivity contribution in [2.45, 2.75) is 6.42 Å². The van der Waals surface area contributed by atoms with Crippen molar-refractivity contribution in [1.29, 1.82) is 0 Å². The Kier molecular flexibility index (Phi) is 12.8. The van der Waals surface area contributed by atoms with Gasteiger partial charge >= 0.3 is 0 Å². The Morgan fingerprint density at radius 3 is 2.41 bits per heavy atom. The molecule has 0 aromatic carbocycles. The van der Waals surface area contributed by atoms with Gasteiger partial charge in [0.2, 0.25) is 5.91 Å². The van der Waals surface area contributed by atoms with Gasteiger partial charge in [-0.2, -0.15) is 0 Å². The van der Waals surface area contributed by atoms with Gasteiger partial charge in [0.15, 0.2) is 0 Å². The highest BCUT2D eigenvalue weighted by Crippen LogP contribution is 1.79. The van der Waals surface area contributed by atoms with Crippen molar-refractivity contribution >= 4 is 5.91 Å². The van der Waals surface area contributed by atoms with Crippen LogP contribution in [0.2, 0.25) is 0 Å². The Balaban J connectivity index is 3.08. The van der Waals surface area contributed by atoms with Crippen LogP contribution in [0.1, 0.15) is 6.42 Å². The second-order valence-corrected chi connectivity index (χ2v) is 3.45. The summed E-state index contributed by atoms with van der Waals surface area (Å²) in [5, 5.41) is 5.88. The van der Waals surface area contributed by atoms with Gasteiger partial charge in [-0.3, -0.25) is 4.79 Å². The van der Waals surface area contributed by atoms with E-state index in [1.165, 1.54) is 0 Å². The van der Waals surface area contributed by atoms with E-state index < -0.39 is 0 Å². The van der Waals surface area contributed by atoms with Gasteiger partial charge in [-0.05, 0) is 0 Å². The molecule has 0 bridgehead atoms. The fourth-order valence-corrected chi connectivity index (χ4v) is 1.10. The third kappa shape index (κ3) is 13.2. The molecule has 0 spiro atoms. The van der Waals surface area contributed by atoms with Gasteiger partial charge in [0.1, 0.15) is 0 Å². The first-order valence-corrected chi connectivity index (χ1v) is 5.84. The second-order valence-electron chi connectivity index (χ2n) is 3.45. The zero-order valence-corrected chi connectivity index (χ0v) is 10.8. The number of amides is 1. The van der Waals surface area contributed by atoms with E-state index in [4.69, 9.17) is 14.2 Å². The third-order valence-corrected chi connectivity index (χ3v) is 2.01. The van der Waals surface area contributed by atoms with Crippen LogP contribution >= 0.6 is 0 Å². The first-order chi connectivity index (χ1) is 8.31. The molecule has 0 saturated heterocycles. The normalized spacial score (nSPS) is 10.5. The van der Waals surface area contributed by atoms with Crippen molar-refractivity contribution in [2.24, 2.45) is 0 Å². The van der Waals surface area contributed by atoms with E-state index in [2.05, 4.69) is 10.6 Å². The average Bonchev–Trinajstić information content (AvgIpc) is 2.33. The highest BCUT2D eigenvalue weighted by molar-refractivity contribution is 5.75. The molecule has 0 aliphatic rings. The molecule has 0 unspecified atom stereocenters. The van der Waals surface area contributed by atoms with Gasteiger partial charge in [0.05, 0.1) is 26.4 Å². The molecule has 0 aromatic heterocycles. The van der Waals surface area contributed by atoms with Gasteiger partial charge in [0, 0.05) is 40.3 Å². The highest BCUT2D eigenvalue weighted by atomic mass is 16.5. The van der Waals surface area contributed by atoms with E-state index in [1.807, 2.05) is 0 Å². The van der Waals surface area contributed by atoms with E-state index in [9.17, 15) is 4.79 Å². The van der Waals surface area contributed by atoms with E-state index in [0.717, 1.165) is 6.54 Å². The minimum Gasteiger partial charge on any atom is -0.383 e. The second kappa shape index (κ2) is 13.4. The lowest BCUT2D eigenvalue weighted by atomic mass is 10.4. The molecular formula is C11H24N2O4. The summed E-state index contributed by atoms with van der Waals surface area (Å²) < 4.78 is 14.9. The number of hydrogen-bond donors (Lipinski definition) is 2. The summed E-state index contributed by atoms with van der Waals surface area (Å²) in [6.45, 7) is 4.37. The van der Waals surface area contributed by atoms with Crippen LogP contribution in [0.5, 0.6) is 0 Å². The van der Waals surface area contributed by atoms with Gasteiger partial charge in [-0.15, -0.1) is 0 Å². The van der Waals surface area contributed by atoms with Crippen molar-refractivity contribution in [3.63, 3.8) is 0 Å². The van der Waals surface area contributed by atoms with Gasteiger partial charge in [0.25, 0.3) is 0 Å². The molecular weight excluding hydrogens is 224 g/mol. The van der Waals surface area contributed by atoms with E-state index >= 15 is 0 Å². The number of rotatable bonds is 12. The molecule has 0 heterocycles. The number of carbonyl (C=O) groups excluding carboxylic acids is 1. The van der Waals surface area contributed by atoms with Crippen molar-refractivity contribution in [2.75, 3.05) is 60.3 Å². The minimum absolute atomic E-state index is 0.0369. The fourth-order valence-electron chi connectivity index (χ4n) is 1.10. The Morgan fingerprint density at radius 2 is 1.71 bits per heavy atom. The summed E-state index contributed by atoms with van der Waals surface area (Å²) in [7, 11) is 3.25. The zero-order valence-electron chi connectivity index (χ0n) is 10.8. The standard InChI is InChI=1S/C11H24N2O4/c1-15-7-6-13-11(14)3-4-12-5-8-17-10-9-16-2/h12H,3-10H2,1-2H3,(H,13,14). The van der Waals surface area contributed by atoms with Crippen LogP contribution in [0.25, 0.3) is 0 Å². The molecule has 0 aromatic rings. The van der Waals surface area contributed by atoms with Crippen LogP contribution in [0.4, 0.5) is 0 Å². The first-order valence-electron chi connectivity index (χ1n) is 5.84. The summed E-state index contributed by atoms with van der Waals surface area (Å²) in [5.41, 5.74) is 0. The maximum atomic E-state index is 11.2. The molecule has 0 fully saturated rings. The Hall–Kier alpha value is -0.690. The molecule has 0 aliphatic carbocycles. The Bertz CT molecular complexity index is 179. The van der Waals surface area contributed by atoms with Crippen LogP contribution in [0, 0.1) is 0 Å². The predicted octanol–water partition coefficient (Wildman–Crippen LogP) is -0.608. The Labute approximate surface area is 103 Å². The molecule has 6 heteroatoms. The molecule has 0 saturated carbocycles. The SMILES string of the molecule is COCCNC(=O)CCNCCOCCOC. The lowest BCUT2D eigenvalue weighted by Gasteiger charge is -2.06. The molecule has 0 atom stereocenters. The highest BCUT2D eigenvalue weighted by Gasteiger charge is 1.99. The Morgan fingerprint density at radius 1 is 0.941 bits per heavy atom. The van der Waals surface area contributed by atoms with E-state index in [0.29, 0.717) is 45.9 Å². The number of hydrogen-bond acceptors (Lipinski definition) is 5. The van der Waals surface area contributed by atoms with Crippen molar-refractivity contribution in [3.05, 3.63) is 0 Å². The first kappa shape index (κ1) is 16.3. The van der Waals surface area contributed by atoms with Crippen molar-refractivity contribution in [3.8, 4) is 0 Å². The average molecular weight is 248 g/mol. The fraction of sp³-hybridized carbons (Fsp3) is 0.909. The maximum absolute atomic E-state index is 11.2. The van der Waals surface area contributed by atoms with Crippen LogP contribution in [0.15, 0.2) is 0 Å². The van der Waals surface area contributed by atoms with Crippen LogP contribution in [0.3, 0.4) is 0 Å². The van der Waals surface area contributed by atoms with Crippen molar-refractivity contribution in [1.82, 2.24) is 10.6 Å². The van der Waals surface area contributed by atoms with E-state index in [1.54, 1.807) is 14.2 Å². The third-order valence-electron chi connectivity index (χ3n) is 2.01. The number of ether oxygens (including phenoxy) is 3. The summed E-state index contributed by atoms with van der Waals surface area (Å²) in [4.78, 5) is 11.2. The number of methoxy groups -OCH3 is 2. The van der Waals surface area contributed by atoms with Crippen molar-refractivity contribution < 1.29 is 19.0 Å². The van der Waals surface area contributed by atoms with Gasteiger partial charge in [-0.1, -0.05) is 0 Å². The number of carbonyl (C=O) groups is 1. The smallest absolute Gasteiger partial charge is 0.221 e. The van der Waals surface area contributed by atoms with E-state index in [-0.39, 0.29) is 5.91 Å². The summed E-state index contributed by atoms with van der Waals surface area (Å²) in [5.74, 6) is 0.0369. The molecule has 2 N–H and O–H groups in total.